The van der Waals surface area contributed by atoms with Gasteiger partial charge in [0.05, 0.1) is 33.8 Å². The van der Waals surface area contributed by atoms with E-state index in [0.29, 0.717) is 11.5 Å². The first kappa shape index (κ1) is 32.1. The molecule has 224 valence electrons. The molecule has 0 saturated carbocycles. The van der Waals surface area contributed by atoms with Crippen molar-refractivity contribution in [1.82, 2.24) is 10.6 Å². The maximum atomic E-state index is 12.7. The van der Waals surface area contributed by atoms with Gasteiger partial charge in [0.2, 0.25) is 11.8 Å². The molecule has 2 amide bonds. The van der Waals surface area contributed by atoms with E-state index in [2.05, 4.69) is 10.6 Å². The highest BCUT2D eigenvalue weighted by atomic mass is 16.6. The number of methoxy groups -OCH3 is 2. The molecule has 1 atom stereocenters. The highest BCUT2D eigenvalue weighted by Gasteiger charge is 2.39. The first-order chi connectivity index (χ1) is 20.4. The molecule has 0 aromatic heterocycles. The van der Waals surface area contributed by atoms with Crippen LogP contribution in [-0.2, 0) is 29.5 Å². The molecule has 0 aliphatic carbocycles. The highest BCUT2D eigenvalue weighted by Crippen LogP contribution is 2.41. The average Bonchev–Trinajstić information content (AvgIpc) is 3.03. The third-order valence-electron chi connectivity index (χ3n) is 6.69. The minimum atomic E-state index is -1.15. The maximum absolute atomic E-state index is 12.7. The summed E-state index contributed by atoms with van der Waals surface area (Å²) in [6.45, 7) is 0.104. The molecule has 1 unspecified atom stereocenters. The van der Waals surface area contributed by atoms with E-state index in [-0.39, 0.29) is 50.8 Å². The molecule has 0 saturated heterocycles. The molecule has 42 heavy (non-hydrogen) atoms. The summed E-state index contributed by atoms with van der Waals surface area (Å²) < 4.78 is 23.3. The fourth-order valence-electron chi connectivity index (χ4n) is 4.46. The standard InChI is InChI=1S/C32H39N3O7/c1-34-29(36)17-18-31(38)42-28(21-35-30(37)19-20-33)22-41-32(23-7-5-4-6-8-23,24-9-13-26(39-2)14-10-24)25-11-15-27(40-3)16-12-25/h4-16,28H,17-22,33H2,1-3H3,(H,34,36)(H,35,37). The van der Waals surface area contributed by atoms with Crippen LogP contribution in [0.2, 0.25) is 0 Å². The second kappa shape index (κ2) is 16.1. The van der Waals surface area contributed by atoms with Crippen LogP contribution in [0, 0.1) is 0 Å². The summed E-state index contributed by atoms with van der Waals surface area (Å²) in [5.74, 6) is 0.225. The number of benzene rings is 3. The number of hydrogen-bond donors (Lipinski definition) is 3. The predicted molar refractivity (Wildman–Crippen MR) is 158 cm³/mol. The van der Waals surface area contributed by atoms with E-state index in [4.69, 9.17) is 24.7 Å². The van der Waals surface area contributed by atoms with Gasteiger partial charge < -0.3 is 35.3 Å². The van der Waals surface area contributed by atoms with E-state index in [1.807, 2.05) is 78.9 Å². The zero-order chi connectivity index (χ0) is 30.4. The van der Waals surface area contributed by atoms with Gasteiger partial charge in [-0.2, -0.15) is 0 Å². The summed E-state index contributed by atoms with van der Waals surface area (Å²) >= 11 is 0. The fraction of sp³-hybridized carbons (Fsp3) is 0.344. The van der Waals surface area contributed by atoms with Crippen molar-refractivity contribution >= 4 is 17.8 Å². The Morgan fingerprint density at radius 2 is 1.31 bits per heavy atom. The van der Waals surface area contributed by atoms with Gasteiger partial charge in [-0.1, -0.05) is 54.6 Å². The number of hydrogen-bond acceptors (Lipinski definition) is 8. The summed E-state index contributed by atoms with van der Waals surface area (Å²) in [5.41, 5.74) is 6.81. The Hall–Kier alpha value is -4.41. The largest absolute Gasteiger partial charge is 0.497 e. The van der Waals surface area contributed by atoms with Crippen LogP contribution in [0.5, 0.6) is 11.5 Å². The normalized spacial score (nSPS) is 11.7. The van der Waals surface area contributed by atoms with Crippen LogP contribution >= 0.6 is 0 Å². The van der Waals surface area contributed by atoms with E-state index < -0.39 is 17.7 Å². The Morgan fingerprint density at radius 3 is 1.81 bits per heavy atom. The lowest BCUT2D eigenvalue weighted by Crippen LogP contribution is -2.42. The molecular formula is C32H39N3O7. The molecule has 0 fully saturated rings. The van der Waals surface area contributed by atoms with E-state index >= 15 is 0 Å². The average molecular weight is 578 g/mol. The van der Waals surface area contributed by atoms with Crippen molar-refractivity contribution < 1.29 is 33.3 Å². The summed E-state index contributed by atoms with van der Waals surface area (Å²) in [6.07, 6.45) is -0.866. The number of ether oxygens (including phenoxy) is 4. The number of rotatable bonds is 16. The minimum Gasteiger partial charge on any atom is -0.497 e. The van der Waals surface area contributed by atoms with Crippen LogP contribution < -0.4 is 25.8 Å². The molecule has 0 bridgehead atoms. The van der Waals surface area contributed by atoms with Crippen LogP contribution in [0.25, 0.3) is 0 Å². The number of carbonyl (C=O) groups is 3. The predicted octanol–water partition coefficient (Wildman–Crippen LogP) is 2.92. The van der Waals surface area contributed by atoms with Gasteiger partial charge in [-0.15, -0.1) is 0 Å². The van der Waals surface area contributed by atoms with E-state index in [1.165, 1.54) is 7.05 Å². The molecular weight excluding hydrogens is 538 g/mol. The third kappa shape index (κ3) is 8.55. The zero-order valence-electron chi connectivity index (χ0n) is 24.3. The Labute approximate surface area is 246 Å². The molecule has 10 heteroatoms. The van der Waals surface area contributed by atoms with Crippen molar-refractivity contribution in [3.8, 4) is 11.5 Å². The summed E-state index contributed by atoms with van der Waals surface area (Å²) in [7, 11) is 4.70. The van der Waals surface area contributed by atoms with Gasteiger partial charge in [-0.05, 0) is 41.0 Å². The minimum absolute atomic E-state index is 0.000637. The molecule has 0 heterocycles. The molecule has 10 nitrogen and oxygen atoms in total. The SMILES string of the molecule is CNC(=O)CCC(=O)OC(CNC(=O)CCN)COC(c1ccccc1)(c1ccc(OC)cc1)c1ccc(OC)cc1. The van der Waals surface area contributed by atoms with Crippen LogP contribution in [0.15, 0.2) is 78.9 Å². The van der Waals surface area contributed by atoms with Crippen molar-refractivity contribution in [3.05, 3.63) is 95.6 Å². The van der Waals surface area contributed by atoms with Gasteiger partial charge in [0.1, 0.15) is 23.2 Å². The number of nitrogens with two attached hydrogens (primary N) is 1. The van der Waals surface area contributed by atoms with Gasteiger partial charge in [-0.3, -0.25) is 14.4 Å². The molecule has 0 aliphatic rings. The first-order valence-corrected chi connectivity index (χ1v) is 13.7. The molecule has 0 radical (unpaired) electrons. The van der Waals surface area contributed by atoms with Crippen LogP contribution in [0.3, 0.4) is 0 Å². The summed E-state index contributed by atoms with van der Waals surface area (Å²) in [4.78, 5) is 36.6. The van der Waals surface area contributed by atoms with Crippen LogP contribution in [0.1, 0.15) is 36.0 Å². The molecule has 3 rings (SSSR count). The number of amides is 2. The second-order valence-corrected chi connectivity index (χ2v) is 9.44. The van der Waals surface area contributed by atoms with Crippen molar-refractivity contribution in [2.75, 3.05) is 41.0 Å². The molecule has 3 aromatic carbocycles. The summed E-state index contributed by atoms with van der Waals surface area (Å²) in [5, 5.41) is 5.25. The van der Waals surface area contributed by atoms with Gasteiger partial charge in [0, 0.05) is 26.4 Å². The Kier molecular flexibility index (Phi) is 12.3. The smallest absolute Gasteiger partial charge is 0.306 e. The molecule has 0 aliphatic heterocycles. The van der Waals surface area contributed by atoms with Gasteiger partial charge in [0.25, 0.3) is 0 Å². The van der Waals surface area contributed by atoms with Crippen LogP contribution in [0.4, 0.5) is 0 Å². The molecule has 3 aromatic rings. The Bertz CT molecular complexity index is 1230. The second-order valence-electron chi connectivity index (χ2n) is 9.44. The van der Waals surface area contributed by atoms with E-state index in [0.717, 1.165) is 16.7 Å². The maximum Gasteiger partial charge on any atom is 0.306 e. The van der Waals surface area contributed by atoms with Crippen LogP contribution in [-0.4, -0.2) is 64.9 Å². The van der Waals surface area contributed by atoms with Gasteiger partial charge in [-0.25, -0.2) is 0 Å². The fourth-order valence-corrected chi connectivity index (χ4v) is 4.46. The molecule has 4 N–H and O–H groups in total. The zero-order valence-corrected chi connectivity index (χ0v) is 24.3. The Balaban J connectivity index is 2.03. The Morgan fingerprint density at radius 1 is 0.762 bits per heavy atom. The van der Waals surface area contributed by atoms with E-state index in [9.17, 15) is 14.4 Å². The lowest BCUT2D eigenvalue weighted by molar-refractivity contribution is -0.155. The number of esters is 1. The first-order valence-electron chi connectivity index (χ1n) is 13.7. The summed E-state index contributed by atoms with van der Waals surface area (Å²) in [6, 6.07) is 24.8. The van der Waals surface area contributed by atoms with Crippen molar-refractivity contribution in [3.63, 3.8) is 0 Å². The topological polar surface area (TPSA) is 138 Å². The van der Waals surface area contributed by atoms with Gasteiger partial charge >= 0.3 is 5.97 Å². The van der Waals surface area contributed by atoms with Crippen molar-refractivity contribution in [1.29, 1.82) is 0 Å². The third-order valence-corrected chi connectivity index (χ3v) is 6.69. The van der Waals surface area contributed by atoms with Crippen molar-refractivity contribution in [2.24, 2.45) is 5.73 Å². The number of nitrogens with one attached hydrogen (secondary N) is 2. The van der Waals surface area contributed by atoms with Crippen molar-refractivity contribution in [2.45, 2.75) is 31.0 Å². The monoisotopic (exact) mass is 577 g/mol. The quantitative estimate of drug-likeness (QED) is 0.175. The van der Waals surface area contributed by atoms with E-state index in [1.54, 1.807) is 14.2 Å². The van der Waals surface area contributed by atoms with Gasteiger partial charge in [0.15, 0.2) is 0 Å². The lowest BCUT2D eigenvalue weighted by Gasteiger charge is -2.37. The lowest BCUT2D eigenvalue weighted by atomic mass is 9.80. The highest BCUT2D eigenvalue weighted by molar-refractivity contribution is 5.81. The number of carbonyl (C=O) groups excluding carboxylic acids is 3. The molecule has 0 spiro atoms.